The van der Waals surface area contributed by atoms with Crippen molar-refractivity contribution in [2.45, 2.75) is 13.3 Å². The Labute approximate surface area is 106 Å². The van der Waals surface area contributed by atoms with E-state index in [1.807, 2.05) is 6.08 Å². The summed E-state index contributed by atoms with van der Waals surface area (Å²) in [7, 11) is 1.52. The van der Waals surface area contributed by atoms with Crippen molar-refractivity contribution < 1.29 is 14.6 Å². The summed E-state index contributed by atoms with van der Waals surface area (Å²) in [6.45, 7) is 3.37. The Morgan fingerprint density at radius 1 is 1.44 bits per heavy atom. The number of benzene rings is 1. The zero-order chi connectivity index (χ0) is 13.1. The largest absolute Gasteiger partial charge is 0.507 e. The number of phenolic OH excluding ortho intramolecular Hbond substituents is 1. The van der Waals surface area contributed by atoms with Crippen LogP contribution in [-0.4, -0.2) is 36.1 Å². The van der Waals surface area contributed by atoms with Gasteiger partial charge in [-0.15, -0.1) is 0 Å². The molecule has 1 aromatic carbocycles. The highest BCUT2D eigenvalue weighted by Crippen LogP contribution is 2.25. The number of amides is 1. The van der Waals surface area contributed by atoms with Crippen LogP contribution in [0.5, 0.6) is 11.5 Å². The van der Waals surface area contributed by atoms with Crippen LogP contribution in [0.2, 0.25) is 0 Å². The molecule has 0 bridgehead atoms. The molecule has 96 valence electrons. The zero-order valence-corrected chi connectivity index (χ0v) is 10.6. The van der Waals surface area contributed by atoms with Crippen molar-refractivity contribution in [2.24, 2.45) is 0 Å². The number of hydrogen-bond donors (Lipinski definition) is 1. The topological polar surface area (TPSA) is 49.8 Å². The summed E-state index contributed by atoms with van der Waals surface area (Å²) in [4.78, 5) is 14.0. The van der Waals surface area contributed by atoms with Crippen molar-refractivity contribution in [3.63, 3.8) is 0 Å². The van der Waals surface area contributed by atoms with E-state index in [1.165, 1.54) is 18.7 Å². The third-order valence-corrected chi connectivity index (χ3v) is 3.16. The van der Waals surface area contributed by atoms with E-state index in [1.54, 1.807) is 17.0 Å². The predicted molar refractivity (Wildman–Crippen MR) is 68.9 cm³/mol. The number of nitrogens with zero attached hydrogens (tertiary/aromatic N) is 1. The van der Waals surface area contributed by atoms with Gasteiger partial charge in [-0.1, -0.05) is 11.6 Å². The van der Waals surface area contributed by atoms with Crippen LogP contribution in [-0.2, 0) is 0 Å². The lowest BCUT2D eigenvalue weighted by atomic mass is 10.1. The Kier molecular flexibility index (Phi) is 3.55. The molecule has 0 saturated heterocycles. The molecule has 1 amide bonds. The van der Waals surface area contributed by atoms with E-state index >= 15 is 0 Å². The Morgan fingerprint density at radius 2 is 2.22 bits per heavy atom. The molecule has 4 nitrogen and oxygen atoms in total. The van der Waals surface area contributed by atoms with Crippen molar-refractivity contribution in [3.05, 3.63) is 35.4 Å². The zero-order valence-electron chi connectivity index (χ0n) is 10.6. The summed E-state index contributed by atoms with van der Waals surface area (Å²) in [5.74, 6) is 0.364. The minimum Gasteiger partial charge on any atom is -0.507 e. The molecule has 1 heterocycles. The fraction of sp³-hybridized carbons (Fsp3) is 0.357. The first-order valence-electron chi connectivity index (χ1n) is 5.93. The van der Waals surface area contributed by atoms with Crippen LogP contribution in [0, 0.1) is 0 Å². The van der Waals surface area contributed by atoms with Crippen molar-refractivity contribution in [3.8, 4) is 11.5 Å². The van der Waals surface area contributed by atoms with Gasteiger partial charge >= 0.3 is 0 Å². The van der Waals surface area contributed by atoms with E-state index in [0.29, 0.717) is 24.4 Å². The number of ether oxygens (including phenoxy) is 1. The number of hydrogen-bond acceptors (Lipinski definition) is 3. The van der Waals surface area contributed by atoms with Crippen LogP contribution >= 0.6 is 0 Å². The highest BCUT2D eigenvalue weighted by Gasteiger charge is 2.20. The van der Waals surface area contributed by atoms with E-state index in [9.17, 15) is 9.90 Å². The summed E-state index contributed by atoms with van der Waals surface area (Å²) in [6, 6.07) is 4.73. The Morgan fingerprint density at radius 3 is 2.78 bits per heavy atom. The van der Waals surface area contributed by atoms with Gasteiger partial charge in [0.05, 0.1) is 12.7 Å². The number of aromatic hydroxyl groups is 1. The van der Waals surface area contributed by atoms with Gasteiger partial charge in [-0.05, 0) is 25.5 Å². The molecule has 0 radical (unpaired) electrons. The van der Waals surface area contributed by atoms with Crippen LogP contribution in [0.3, 0.4) is 0 Å². The van der Waals surface area contributed by atoms with E-state index in [4.69, 9.17) is 4.74 Å². The molecular formula is C14H17NO3. The molecular weight excluding hydrogens is 230 g/mol. The van der Waals surface area contributed by atoms with Crippen LogP contribution in [0.1, 0.15) is 23.7 Å². The lowest BCUT2D eigenvalue weighted by molar-refractivity contribution is 0.0766. The molecule has 1 aromatic rings. The number of carbonyl (C=O) groups is 1. The summed E-state index contributed by atoms with van der Waals surface area (Å²) >= 11 is 0. The highest BCUT2D eigenvalue weighted by atomic mass is 16.5. The second-order valence-corrected chi connectivity index (χ2v) is 4.43. The molecule has 1 N–H and O–H groups in total. The molecule has 0 aliphatic carbocycles. The Balaban J connectivity index is 2.19. The molecule has 1 aliphatic heterocycles. The predicted octanol–water partition coefficient (Wildman–Crippen LogP) is 2.19. The third kappa shape index (κ3) is 2.47. The summed E-state index contributed by atoms with van der Waals surface area (Å²) in [5.41, 5.74) is 1.63. The molecule has 2 rings (SSSR count). The van der Waals surface area contributed by atoms with Gasteiger partial charge in [-0.25, -0.2) is 0 Å². The van der Waals surface area contributed by atoms with E-state index < -0.39 is 0 Å². The van der Waals surface area contributed by atoms with Crippen molar-refractivity contribution in [1.82, 2.24) is 4.90 Å². The molecule has 0 unspecified atom stereocenters. The van der Waals surface area contributed by atoms with Gasteiger partial charge in [-0.2, -0.15) is 0 Å². The lowest BCUT2D eigenvalue weighted by Gasteiger charge is -2.25. The van der Waals surface area contributed by atoms with Gasteiger partial charge in [0.1, 0.15) is 11.5 Å². The fourth-order valence-corrected chi connectivity index (χ4v) is 1.94. The molecule has 18 heavy (non-hydrogen) atoms. The first-order valence-corrected chi connectivity index (χ1v) is 5.93. The summed E-state index contributed by atoms with van der Waals surface area (Å²) < 4.78 is 4.99. The maximum Gasteiger partial charge on any atom is 0.257 e. The number of phenols is 1. The van der Waals surface area contributed by atoms with E-state index in [-0.39, 0.29) is 11.7 Å². The van der Waals surface area contributed by atoms with E-state index in [0.717, 1.165) is 6.42 Å². The van der Waals surface area contributed by atoms with Crippen molar-refractivity contribution >= 4 is 5.91 Å². The van der Waals surface area contributed by atoms with Crippen LogP contribution in [0.25, 0.3) is 0 Å². The Bertz CT molecular complexity index is 494. The van der Waals surface area contributed by atoms with Crippen LogP contribution in [0.15, 0.2) is 29.8 Å². The van der Waals surface area contributed by atoms with Gasteiger partial charge < -0.3 is 14.7 Å². The lowest BCUT2D eigenvalue weighted by Crippen LogP contribution is -2.34. The minimum absolute atomic E-state index is 0.0365. The SMILES string of the molecule is COc1ccc(C(=O)N2CC=C(C)CC2)c(O)c1. The Hall–Kier alpha value is -1.97. The average molecular weight is 247 g/mol. The normalized spacial score (nSPS) is 15.2. The van der Waals surface area contributed by atoms with E-state index in [2.05, 4.69) is 6.92 Å². The van der Waals surface area contributed by atoms with Crippen molar-refractivity contribution in [1.29, 1.82) is 0 Å². The molecule has 0 saturated carbocycles. The van der Waals surface area contributed by atoms with Gasteiger partial charge in [0, 0.05) is 19.2 Å². The van der Waals surface area contributed by atoms with Gasteiger partial charge in [0.25, 0.3) is 5.91 Å². The molecule has 0 spiro atoms. The highest BCUT2D eigenvalue weighted by molar-refractivity contribution is 5.97. The van der Waals surface area contributed by atoms with Gasteiger partial charge in [0.2, 0.25) is 0 Å². The smallest absolute Gasteiger partial charge is 0.257 e. The molecule has 0 atom stereocenters. The minimum atomic E-state index is -0.140. The summed E-state index contributed by atoms with van der Waals surface area (Å²) in [6.07, 6.45) is 2.94. The van der Waals surface area contributed by atoms with Gasteiger partial charge in [-0.3, -0.25) is 4.79 Å². The molecule has 1 aliphatic rings. The summed E-state index contributed by atoms with van der Waals surface area (Å²) in [5, 5.41) is 9.83. The quantitative estimate of drug-likeness (QED) is 0.815. The second-order valence-electron chi connectivity index (χ2n) is 4.43. The fourth-order valence-electron chi connectivity index (χ4n) is 1.94. The first-order chi connectivity index (χ1) is 8.61. The monoisotopic (exact) mass is 247 g/mol. The standard InChI is InChI=1S/C14H17NO3/c1-10-5-7-15(8-6-10)14(17)12-4-3-11(18-2)9-13(12)16/h3-5,9,16H,6-8H2,1-2H3. The van der Waals surface area contributed by atoms with Crippen LogP contribution in [0.4, 0.5) is 0 Å². The van der Waals surface area contributed by atoms with Crippen molar-refractivity contribution in [2.75, 3.05) is 20.2 Å². The van der Waals surface area contributed by atoms with Crippen LogP contribution < -0.4 is 4.74 Å². The third-order valence-electron chi connectivity index (χ3n) is 3.16. The number of methoxy groups -OCH3 is 1. The first kappa shape index (κ1) is 12.5. The maximum atomic E-state index is 12.2. The second kappa shape index (κ2) is 5.12. The average Bonchev–Trinajstić information content (AvgIpc) is 2.38. The maximum absolute atomic E-state index is 12.2. The molecule has 0 aromatic heterocycles. The molecule has 0 fully saturated rings. The molecule has 4 heteroatoms. The van der Waals surface area contributed by atoms with Gasteiger partial charge in [0.15, 0.2) is 0 Å². The number of rotatable bonds is 2. The number of carbonyl (C=O) groups excluding carboxylic acids is 1.